The summed E-state index contributed by atoms with van der Waals surface area (Å²) in [6, 6.07) is 9.01. The van der Waals surface area contributed by atoms with E-state index in [-0.39, 0.29) is 11.7 Å². The molecule has 0 fully saturated rings. The van der Waals surface area contributed by atoms with Gasteiger partial charge < -0.3 is 9.73 Å². The maximum Gasteiger partial charge on any atom is 0.293 e. The lowest BCUT2D eigenvalue weighted by Gasteiger charge is -2.02. The Hall–Kier alpha value is -2.67. The van der Waals surface area contributed by atoms with Gasteiger partial charge in [-0.3, -0.25) is 10.1 Å². The Morgan fingerprint density at radius 2 is 2.23 bits per heavy atom. The number of hydrogen-bond acceptors (Lipinski definition) is 6. The molecule has 0 aliphatic rings. The zero-order valence-corrected chi connectivity index (χ0v) is 12.7. The van der Waals surface area contributed by atoms with Gasteiger partial charge in [0, 0.05) is 11.6 Å². The quantitative estimate of drug-likeness (QED) is 0.755. The predicted molar refractivity (Wildman–Crippen MR) is 85.1 cm³/mol. The van der Waals surface area contributed by atoms with Crippen LogP contribution in [0.15, 0.2) is 46.3 Å². The van der Waals surface area contributed by atoms with Crippen LogP contribution in [-0.4, -0.2) is 15.9 Å². The highest BCUT2D eigenvalue weighted by molar-refractivity contribution is 7.13. The number of furan rings is 1. The smallest absolute Gasteiger partial charge is 0.293 e. The highest BCUT2D eigenvalue weighted by Crippen LogP contribution is 2.17. The van der Waals surface area contributed by atoms with Gasteiger partial charge in [-0.15, -0.1) is 11.3 Å². The molecule has 2 N–H and O–H groups in total. The van der Waals surface area contributed by atoms with E-state index in [0.717, 1.165) is 11.5 Å². The van der Waals surface area contributed by atoms with E-state index in [9.17, 15) is 4.79 Å². The fourth-order valence-electron chi connectivity index (χ4n) is 1.81. The first kappa shape index (κ1) is 14.3. The van der Waals surface area contributed by atoms with E-state index in [2.05, 4.69) is 20.6 Å². The zero-order chi connectivity index (χ0) is 15.4. The second kappa shape index (κ2) is 6.40. The maximum atomic E-state index is 12.0. The molecule has 0 atom stereocenters. The minimum atomic E-state index is -0.307. The molecule has 1 amide bonds. The van der Waals surface area contributed by atoms with Gasteiger partial charge in [-0.25, -0.2) is 9.97 Å². The van der Waals surface area contributed by atoms with Crippen molar-refractivity contribution in [3.63, 3.8) is 0 Å². The van der Waals surface area contributed by atoms with Crippen LogP contribution in [-0.2, 0) is 6.54 Å². The highest BCUT2D eigenvalue weighted by Gasteiger charge is 2.13. The van der Waals surface area contributed by atoms with E-state index in [0.29, 0.717) is 17.4 Å². The summed E-state index contributed by atoms with van der Waals surface area (Å²) in [4.78, 5) is 20.4. The third-order valence-electron chi connectivity index (χ3n) is 2.83. The van der Waals surface area contributed by atoms with Crippen molar-refractivity contribution in [2.45, 2.75) is 13.5 Å². The molecule has 0 spiro atoms. The number of carbonyl (C=O) groups is 1. The Kier molecular flexibility index (Phi) is 4.15. The van der Waals surface area contributed by atoms with Crippen LogP contribution in [0.4, 0.5) is 10.9 Å². The number of aromatic nitrogens is 2. The number of thiazole rings is 1. The number of rotatable bonds is 5. The molecule has 3 aromatic heterocycles. The van der Waals surface area contributed by atoms with Gasteiger partial charge in [0.25, 0.3) is 5.91 Å². The number of nitrogens with one attached hydrogen (secondary N) is 2. The lowest BCUT2D eigenvalue weighted by atomic mass is 10.4. The molecule has 0 saturated heterocycles. The van der Waals surface area contributed by atoms with Crippen molar-refractivity contribution in [2.24, 2.45) is 0 Å². The van der Waals surface area contributed by atoms with Crippen LogP contribution in [0.5, 0.6) is 0 Å². The van der Waals surface area contributed by atoms with Crippen molar-refractivity contribution in [3.05, 3.63) is 59.1 Å². The second-order valence-electron chi connectivity index (χ2n) is 4.58. The number of carbonyl (C=O) groups excluding carboxylic acids is 1. The number of pyridine rings is 1. The molecule has 22 heavy (non-hydrogen) atoms. The third kappa shape index (κ3) is 3.50. The molecule has 0 aliphatic heterocycles. The lowest BCUT2D eigenvalue weighted by molar-refractivity contribution is 0.0995. The summed E-state index contributed by atoms with van der Waals surface area (Å²) in [5, 5.41) is 8.26. The fourth-order valence-corrected chi connectivity index (χ4v) is 2.49. The number of anilines is 2. The number of hydrogen-bond donors (Lipinski definition) is 2. The van der Waals surface area contributed by atoms with Crippen molar-refractivity contribution >= 4 is 28.2 Å². The van der Waals surface area contributed by atoms with Crippen LogP contribution in [0.25, 0.3) is 0 Å². The predicted octanol–water partition coefficient (Wildman–Crippen LogP) is 3.30. The molecule has 0 aromatic carbocycles. The van der Waals surface area contributed by atoms with Crippen LogP contribution in [0.3, 0.4) is 0 Å². The Morgan fingerprint density at radius 3 is 2.95 bits per heavy atom. The first-order valence-electron chi connectivity index (χ1n) is 6.68. The summed E-state index contributed by atoms with van der Waals surface area (Å²) in [6.45, 7) is 2.33. The van der Waals surface area contributed by atoms with Gasteiger partial charge in [0.1, 0.15) is 11.6 Å². The van der Waals surface area contributed by atoms with Gasteiger partial charge in [0.05, 0.1) is 12.2 Å². The van der Waals surface area contributed by atoms with Crippen LogP contribution in [0.2, 0.25) is 0 Å². The van der Waals surface area contributed by atoms with E-state index >= 15 is 0 Å². The van der Waals surface area contributed by atoms with Crippen molar-refractivity contribution in [1.82, 2.24) is 9.97 Å². The van der Waals surface area contributed by atoms with E-state index in [1.54, 1.807) is 18.3 Å². The Labute approximate surface area is 131 Å². The summed E-state index contributed by atoms with van der Waals surface area (Å²) in [5.74, 6) is 1.36. The molecule has 112 valence electrons. The standard InChI is InChI=1S/C15H14N4O2S/c1-10-9-22-15(18-10)19-14(20)12-6-5-11(21-12)8-17-13-4-2-3-7-16-13/h2-7,9H,8H2,1H3,(H,16,17)(H,18,19,20). The van der Waals surface area contributed by atoms with Gasteiger partial charge in [-0.1, -0.05) is 6.07 Å². The monoisotopic (exact) mass is 314 g/mol. The van der Waals surface area contributed by atoms with Gasteiger partial charge in [0.2, 0.25) is 0 Å². The molecule has 0 radical (unpaired) electrons. The normalized spacial score (nSPS) is 10.4. The van der Waals surface area contributed by atoms with Gasteiger partial charge in [-0.05, 0) is 31.2 Å². The van der Waals surface area contributed by atoms with Crippen molar-refractivity contribution < 1.29 is 9.21 Å². The van der Waals surface area contributed by atoms with E-state index in [1.165, 1.54) is 11.3 Å². The summed E-state index contributed by atoms with van der Waals surface area (Å²) in [5.41, 5.74) is 0.875. The fraction of sp³-hybridized carbons (Fsp3) is 0.133. The van der Waals surface area contributed by atoms with E-state index in [4.69, 9.17) is 4.42 Å². The zero-order valence-electron chi connectivity index (χ0n) is 11.9. The Bertz CT molecular complexity index is 767. The summed E-state index contributed by atoms with van der Waals surface area (Å²) < 4.78 is 5.52. The average molecular weight is 314 g/mol. The minimum absolute atomic E-state index is 0.255. The molecule has 0 bridgehead atoms. The van der Waals surface area contributed by atoms with Crippen molar-refractivity contribution in [1.29, 1.82) is 0 Å². The highest BCUT2D eigenvalue weighted by atomic mass is 32.1. The van der Waals surface area contributed by atoms with Crippen molar-refractivity contribution in [3.8, 4) is 0 Å². The summed E-state index contributed by atoms with van der Waals surface area (Å²) in [6.07, 6.45) is 1.71. The number of nitrogens with zero attached hydrogens (tertiary/aromatic N) is 2. The summed E-state index contributed by atoms with van der Waals surface area (Å²) >= 11 is 1.38. The van der Waals surface area contributed by atoms with Crippen molar-refractivity contribution in [2.75, 3.05) is 10.6 Å². The van der Waals surface area contributed by atoms with Gasteiger partial charge in [0.15, 0.2) is 10.9 Å². The molecule has 3 aromatic rings. The molecular formula is C15H14N4O2S. The topological polar surface area (TPSA) is 80.0 Å². The Morgan fingerprint density at radius 1 is 1.32 bits per heavy atom. The van der Waals surface area contributed by atoms with E-state index in [1.807, 2.05) is 30.5 Å². The van der Waals surface area contributed by atoms with E-state index < -0.39 is 0 Å². The first-order valence-corrected chi connectivity index (χ1v) is 7.56. The molecule has 0 aliphatic carbocycles. The maximum absolute atomic E-state index is 12.0. The Balaban J connectivity index is 1.59. The second-order valence-corrected chi connectivity index (χ2v) is 5.44. The largest absolute Gasteiger partial charge is 0.454 e. The average Bonchev–Trinajstić information content (AvgIpc) is 3.15. The first-order chi connectivity index (χ1) is 10.7. The van der Waals surface area contributed by atoms with Crippen LogP contribution in [0, 0.1) is 6.92 Å². The molecule has 3 heterocycles. The number of aryl methyl sites for hydroxylation is 1. The molecule has 0 saturated carbocycles. The van der Waals surface area contributed by atoms with Crippen LogP contribution < -0.4 is 10.6 Å². The third-order valence-corrected chi connectivity index (χ3v) is 3.71. The minimum Gasteiger partial charge on any atom is -0.454 e. The lowest BCUT2D eigenvalue weighted by Crippen LogP contribution is -2.10. The SMILES string of the molecule is Cc1csc(NC(=O)c2ccc(CNc3ccccn3)o2)n1. The molecule has 6 nitrogen and oxygen atoms in total. The van der Waals surface area contributed by atoms with Crippen LogP contribution in [0.1, 0.15) is 22.0 Å². The molecule has 7 heteroatoms. The van der Waals surface area contributed by atoms with Gasteiger partial charge >= 0.3 is 0 Å². The summed E-state index contributed by atoms with van der Waals surface area (Å²) in [7, 11) is 0. The van der Waals surface area contributed by atoms with Gasteiger partial charge in [-0.2, -0.15) is 0 Å². The van der Waals surface area contributed by atoms with Crippen LogP contribution >= 0.6 is 11.3 Å². The number of amides is 1. The molecule has 3 rings (SSSR count). The molecule has 0 unspecified atom stereocenters. The molecular weight excluding hydrogens is 300 g/mol.